The summed E-state index contributed by atoms with van der Waals surface area (Å²) in [7, 11) is 0. The summed E-state index contributed by atoms with van der Waals surface area (Å²) in [5, 5.41) is 0. The van der Waals surface area contributed by atoms with Crippen LogP contribution in [0.25, 0.3) is 5.57 Å². The molecule has 1 aliphatic rings. The van der Waals surface area contributed by atoms with E-state index in [1.54, 1.807) is 0 Å². The predicted octanol–water partition coefficient (Wildman–Crippen LogP) is 3.76. The molecule has 1 aromatic carbocycles. The molecule has 0 saturated heterocycles. The fraction of sp³-hybridized carbons (Fsp3) is 0.286. The van der Waals surface area contributed by atoms with Gasteiger partial charge in [-0.25, -0.2) is 0 Å². The lowest BCUT2D eigenvalue weighted by Crippen LogP contribution is -2.00. The van der Waals surface area contributed by atoms with Crippen molar-refractivity contribution in [3.8, 4) is 0 Å². The van der Waals surface area contributed by atoms with Crippen LogP contribution in [0.3, 0.4) is 0 Å². The molecule has 0 nitrogen and oxygen atoms in total. The third-order valence-corrected chi connectivity index (χ3v) is 2.85. The molecule has 72 valence electrons. The third-order valence-electron chi connectivity index (χ3n) is 2.85. The largest absolute Gasteiger partial charge is 0.0955 e. The lowest BCUT2D eigenvalue weighted by molar-refractivity contribution is 1.10. The summed E-state index contributed by atoms with van der Waals surface area (Å²) in [5.41, 5.74) is 6.83. The number of fused-ring (bicyclic) bond motifs is 1. The molecule has 0 atom stereocenters. The van der Waals surface area contributed by atoms with Gasteiger partial charge in [-0.3, -0.25) is 0 Å². The van der Waals surface area contributed by atoms with Crippen molar-refractivity contribution in [3.05, 3.63) is 53.1 Å². The van der Waals surface area contributed by atoms with E-state index in [9.17, 15) is 0 Å². The second-order valence-electron chi connectivity index (χ2n) is 4.01. The van der Waals surface area contributed by atoms with Crippen LogP contribution in [-0.2, 0) is 12.8 Å². The lowest BCUT2D eigenvalue weighted by Gasteiger charge is -2.17. The van der Waals surface area contributed by atoms with Crippen molar-refractivity contribution in [2.75, 3.05) is 0 Å². The van der Waals surface area contributed by atoms with Crippen molar-refractivity contribution < 1.29 is 0 Å². The molecule has 0 radical (unpaired) electrons. The Morgan fingerprint density at radius 2 is 2.14 bits per heavy atom. The second kappa shape index (κ2) is 3.45. The van der Waals surface area contributed by atoms with Gasteiger partial charge in [-0.15, -0.1) is 0 Å². The first kappa shape index (κ1) is 9.26. The van der Waals surface area contributed by atoms with E-state index in [4.69, 9.17) is 0 Å². The molecule has 0 unspecified atom stereocenters. The van der Waals surface area contributed by atoms with Crippen molar-refractivity contribution in [2.45, 2.75) is 26.7 Å². The lowest BCUT2D eigenvalue weighted by atomic mass is 9.88. The average Bonchev–Trinajstić information content (AvgIpc) is 2.17. The zero-order chi connectivity index (χ0) is 10.1. The minimum Gasteiger partial charge on any atom is -0.0955 e. The van der Waals surface area contributed by atoms with Crippen LogP contribution in [0.15, 0.2) is 36.4 Å². The normalized spacial score (nSPS) is 15.0. The molecular weight excluding hydrogens is 168 g/mol. The molecule has 1 aromatic rings. The molecule has 14 heavy (non-hydrogen) atoms. The molecule has 0 aliphatic heterocycles. The van der Waals surface area contributed by atoms with Crippen molar-refractivity contribution in [3.63, 3.8) is 0 Å². The van der Waals surface area contributed by atoms with Gasteiger partial charge in [0.05, 0.1) is 0 Å². The first-order valence-corrected chi connectivity index (χ1v) is 5.19. The first-order chi connectivity index (χ1) is 6.70. The van der Waals surface area contributed by atoms with Gasteiger partial charge in [0.2, 0.25) is 0 Å². The molecule has 2 rings (SSSR count). The van der Waals surface area contributed by atoms with Gasteiger partial charge in [0.1, 0.15) is 0 Å². The number of hydrogen-bond acceptors (Lipinski definition) is 0. The highest BCUT2D eigenvalue weighted by Crippen LogP contribution is 2.28. The number of hydrogen-bond donors (Lipinski definition) is 0. The van der Waals surface area contributed by atoms with E-state index in [2.05, 4.69) is 44.7 Å². The van der Waals surface area contributed by atoms with Crippen molar-refractivity contribution in [2.24, 2.45) is 0 Å². The quantitative estimate of drug-likeness (QED) is 0.623. The zero-order valence-electron chi connectivity index (χ0n) is 8.93. The highest BCUT2D eigenvalue weighted by atomic mass is 14.2. The Hall–Kier alpha value is -1.30. The van der Waals surface area contributed by atoms with Gasteiger partial charge < -0.3 is 0 Å². The van der Waals surface area contributed by atoms with E-state index in [1.807, 2.05) is 0 Å². The van der Waals surface area contributed by atoms with Gasteiger partial charge in [-0.05, 0) is 42.0 Å². The van der Waals surface area contributed by atoms with Crippen LogP contribution in [-0.4, -0.2) is 0 Å². The van der Waals surface area contributed by atoms with Gasteiger partial charge in [-0.2, -0.15) is 0 Å². The Morgan fingerprint density at radius 1 is 1.36 bits per heavy atom. The standard InChI is InChI=1S/C14H16/c1-4-12-5-6-13-8-10(2)7-11(3)14(13)9-12/h5-7,9H,2,4,8H2,1,3H3. The molecule has 0 spiro atoms. The molecule has 0 saturated carbocycles. The van der Waals surface area contributed by atoms with Crippen LogP contribution in [0, 0.1) is 0 Å². The van der Waals surface area contributed by atoms with Crippen LogP contribution in [0.1, 0.15) is 30.5 Å². The summed E-state index contributed by atoms with van der Waals surface area (Å²) in [6.45, 7) is 8.40. The summed E-state index contributed by atoms with van der Waals surface area (Å²) in [5.74, 6) is 0. The van der Waals surface area contributed by atoms with E-state index in [-0.39, 0.29) is 0 Å². The molecule has 0 fully saturated rings. The minimum absolute atomic E-state index is 1.01. The predicted molar refractivity (Wildman–Crippen MR) is 62.3 cm³/mol. The Balaban J connectivity index is 2.53. The minimum atomic E-state index is 1.01. The summed E-state index contributed by atoms with van der Waals surface area (Å²) < 4.78 is 0. The monoisotopic (exact) mass is 184 g/mol. The topological polar surface area (TPSA) is 0 Å². The molecule has 0 amide bonds. The molecule has 0 heteroatoms. The van der Waals surface area contributed by atoms with E-state index >= 15 is 0 Å². The second-order valence-corrected chi connectivity index (χ2v) is 4.01. The number of rotatable bonds is 1. The summed E-state index contributed by atoms with van der Waals surface area (Å²) in [4.78, 5) is 0. The fourth-order valence-electron chi connectivity index (χ4n) is 2.04. The van der Waals surface area contributed by atoms with Gasteiger partial charge in [0, 0.05) is 0 Å². The van der Waals surface area contributed by atoms with Gasteiger partial charge in [0.25, 0.3) is 0 Å². The van der Waals surface area contributed by atoms with Crippen LogP contribution < -0.4 is 0 Å². The SMILES string of the molecule is C=C1C=C(C)c2cc(CC)ccc2C1. The zero-order valence-corrected chi connectivity index (χ0v) is 8.93. The smallest absolute Gasteiger partial charge is 0.00255 e. The van der Waals surface area contributed by atoms with Gasteiger partial charge in [-0.1, -0.05) is 43.4 Å². The highest BCUT2D eigenvalue weighted by Gasteiger charge is 2.11. The van der Waals surface area contributed by atoms with Crippen LogP contribution >= 0.6 is 0 Å². The molecule has 0 N–H and O–H groups in total. The van der Waals surface area contributed by atoms with E-state index < -0.39 is 0 Å². The van der Waals surface area contributed by atoms with Crippen LogP contribution in [0.4, 0.5) is 0 Å². The maximum absolute atomic E-state index is 4.03. The fourth-order valence-corrected chi connectivity index (χ4v) is 2.04. The summed E-state index contributed by atoms with van der Waals surface area (Å²) in [6.07, 6.45) is 4.32. The number of benzene rings is 1. The summed E-state index contributed by atoms with van der Waals surface area (Å²) in [6, 6.07) is 6.79. The van der Waals surface area contributed by atoms with Gasteiger partial charge >= 0.3 is 0 Å². The Kier molecular flexibility index (Phi) is 2.28. The van der Waals surface area contributed by atoms with Crippen molar-refractivity contribution in [1.29, 1.82) is 0 Å². The molecule has 0 bridgehead atoms. The van der Waals surface area contributed by atoms with Crippen molar-refractivity contribution >= 4 is 5.57 Å². The summed E-state index contributed by atoms with van der Waals surface area (Å²) >= 11 is 0. The Labute approximate surface area is 86.0 Å². The van der Waals surface area contributed by atoms with Crippen LogP contribution in [0.5, 0.6) is 0 Å². The molecule has 0 heterocycles. The first-order valence-electron chi connectivity index (χ1n) is 5.19. The maximum Gasteiger partial charge on any atom is -0.00255 e. The van der Waals surface area contributed by atoms with Gasteiger partial charge in [0.15, 0.2) is 0 Å². The Morgan fingerprint density at radius 3 is 2.86 bits per heavy atom. The molecule has 0 aromatic heterocycles. The van der Waals surface area contributed by atoms with E-state index in [1.165, 1.54) is 27.8 Å². The highest BCUT2D eigenvalue weighted by molar-refractivity contribution is 5.72. The number of aryl methyl sites for hydroxylation is 1. The van der Waals surface area contributed by atoms with E-state index in [0.717, 1.165) is 12.8 Å². The van der Waals surface area contributed by atoms with E-state index in [0.29, 0.717) is 0 Å². The maximum atomic E-state index is 4.03. The average molecular weight is 184 g/mol. The third kappa shape index (κ3) is 1.52. The van der Waals surface area contributed by atoms with Crippen molar-refractivity contribution in [1.82, 2.24) is 0 Å². The Bertz CT molecular complexity index is 408. The molecule has 1 aliphatic carbocycles. The molecular formula is C14H16. The number of allylic oxidation sites excluding steroid dienone is 3. The van der Waals surface area contributed by atoms with Crippen LogP contribution in [0.2, 0.25) is 0 Å².